The van der Waals surface area contributed by atoms with Crippen LogP contribution >= 0.6 is 0 Å². The molecule has 1 aromatic rings. The molecule has 0 amide bonds. The lowest BCUT2D eigenvalue weighted by Gasteiger charge is -2.11. The molecule has 0 unspecified atom stereocenters. The zero-order chi connectivity index (χ0) is 10.9. The van der Waals surface area contributed by atoms with Crippen molar-refractivity contribution in [2.75, 3.05) is 25.0 Å². The fourth-order valence-electron chi connectivity index (χ4n) is 1.36. The van der Waals surface area contributed by atoms with E-state index in [1.165, 1.54) is 5.56 Å². The Labute approximate surface area is 91.6 Å². The van der Waals surface area contributed by atoms with E-state index in [1.807, 2.05) is 19.1 Å². The Balaban J connectivity index is 2.52. The van der Waals surface area contributed by atoms with Crippen molar-refractivity contribution in [1.29, 1.82) is 0 Å². The molecule has 1 rings (SSSR count). The van der Waals surface area contributed by atoms with Gasteiger partial charge in [0.25, 0.3) is 0 Å². The van der Waals surface area contributed by atoms with Crippen LogP contribution in [-0.2, 0) is 11.3 Å². The molecule has 0 aliphatic carbocycles. The zero-order valence-corrected chi connectivity index (χ0v) is 9.33. The first-order valence-corrected chi connectivity index (χ1v) is 5.48. The van der Waals surface area contributed by atoms with E-state index in [1.54, 1.807) is 0 Å². The third-order valence-corrected chi connectivity index (χ3v) is 2.18. The zero-order valence-electron chi connectivity index (χ0n) is 9.33. The highest BCUT2D eigenvalue weighted by atomic mass is 16.5. The molecule has 0 bridgehead atoms. The molecule has 0 saturated carbocycles. The van der Waals surface area contributed by atoms with Gasteiger partial charge in [-0.1, -0.05) is 18.2 Å². The quantitative estimate of drug-likeness (QED) is 0.674. The van der Waals surface area contributed by atoms with Gasteiger partial charge < -0.3 is 15.8 Å². The first-order chi connectivity index (χ1) is 7.38. The molecule has 84 valence electrons. The van der Waals surface area contributed by atoms with Crippen molar-refractivity contribution in [3.63, 3.8) is 0 Å². The number of hydrogen-bond donors (Lipinski definition) is 2. The van der Waals surface area contributed by atoms with E-state index in [0.717, 1.165) is 31.8 Å². The van der Waals surface area contributed by atoms with Crippen LogP contribution in [0.4, 0.5) is 5.69 Å². The van der Waals surface area contributed by atoms with E-state index in [0.29, 0.717) is 6.61 Å². The summed E-state index contributed by atoms with van der Waals surface area (Å²) in [7, 11) is 0. The van der Waals surface area contributed by atoms with Gasteiger partial charge in [-0.05, 0) is 26.0 Å². The van der Waals surface area contributed by atoms with Crippen molar-refractivity contribution in [3.8, 4) is 0 Å². The molecule has 0 spiro atoms. The van der Waals surface area contributed by atoms with Gasteiger partial charge in [-0.15, -0.1) is 0 Å². The summed E-state index contributed by atoms with van der Waals surface area (Å²) in [6, 6.07) is 8.22. The van der Waals surface area contributed by atoms with E-state index < -0.39 is 0 Å². The molecule has 0 aromatic heterocycles. The maximum absolute atomic E-state index is 5.45. The monoisotopic (exact) mass is 208 g/mol. The molecule has 1 aromatic carbocycles. The number of anilines is 1. The number of nitrogens with two attached hydrogens (primary N) is 1. The second-order valence-electron chi connectivity index (χ2n) is 3.36. The molecule has 0 radical (unpaired) electrons. The van der Waals surface area contributed by atoms with Gasteiger partial charge in [-0.25, -0.2) is 0 Å². The molecule has 0 atom stereocenters. The number of benzene rings is 1. The fraction of sp³-hybridized carbons (Fsp3) is 0.500. The summed E-state index contributed by atoms with van der Waals surface area (Å²) < 4.78 is 5.40. The van der Waals surface area contributed by atoms with Gasteiger partial charge in [0.05, 0.1) is 6.61 Å². The summed E-state index contributed by atoms with van der Waals surface area (Å²) in [5.74, 6) is 0. The lowest BCUT2D eigenvalue weighted by Crippen LogP contribution is -2.10. The van der Waals surface area contributed by atoms with Crippen molar-refractivity contribution in [1.82, 2.24) is 0 Å². The normalized spacial score (nSPS) is 10.3. The van der Waals surface area contributed by atoms with E-state index >= 15 is 0 Å². The highest BCUT2D eigenvalue weighted by molar-refractivity contribution is 5.50. The summed E-state index contributed by atoms with van der Waals surface area (Å²) in [5.41, 5.74) is 7.80. The van der Waals surface area contributed by atoms with Crippen LogP contribution < -0.4 is 11.1 Å². The Morgan fingerprint density at radius 2 is 2.13 bits per heavy atom. The van der Waals surface area contributed by atoms with Crippen molar-refractivity contribution in [2.24, 2.45) is 5.73 Å². The lowest BCUT2D eigenvalue weighted by atomic mass is 10.2. The predicted octanol–water partition coefficient (Wildman–Crippen LogP) is 1.98. The minimum absolute atomic E-state index is 0.669. The average Bonchev–Trinajstić information content (AvgIpc) is 2.28. The van der Waals surface area contributed by atoms with Crippen LogP contribution in [0.25, 0.3) is 0 Å². The van der Waals surface area contributed by atoms with Gasteiger partial charge in [0.15, 0.2) is 0 Å². The van der Waals surface area contributed by atoms with E-state index in [9.17, 15) is 0 Å². The molecular formula is C12H20N2O. The third kappa shape index (κ3) is 4.32. The molecule has 0 aliphatic rings. The number of para-hydroxylation sites is 1. The van der Waals surface area contributed by atoms with Crippen molar-refractivity contribution < 1.29 is 4.74 Å². The van der Waals surface area contributed by atoms with Gasteiger partial charge in [0.2, 0.25) is 0 Å². The second kappa shape index (κ2) is 7.26. The number of nitrogens with one attached hydrogen (secondary N) is 1. The molecule has 15 heavy (non-hydrogen) atoms. The molecule has 3 heteroatoms. The van der Waals surface area contributed by atoms with Crippen LogP contribution in [0.15, 0.2) is 24.3 Å². The smallest absolute Gasteiger partial charge is 0.0736 e. The Kier molecular flexibility index (Phi) is 5.81. The van der Waals surface area contributed by atoms with Crippen LogP contribution in [0.5, 0.6) is 0 Å². The van der Waals surface area contributed by atoms with Crippen molar-refractivity contribution in [3.05, 3.63) is 29.8 Å². The maximum atomic E-state index is 5.45. The first-order valence-electron chi connectivity index (χ1n) is 5.48. The summed E-state index contributed by atoms with van der Waals surface area (Å²) in [6.45, 7) is 5.06. The van der Waals surface area contributed by atoms with E-state index in [-0.39, 0.29) is 0 Å². The molecule has 0 aliphatic heterocycles. The fourth-order valence-corrected chi connectivity index (χ4v) is 1.36. The average molecular weight is 208 g/mol. The summed E-state index contributed by atoms with van der Waals surface area (Å²) in [4.78, 5) is 0. The predicted molar refractivity (Wildman–Crippen MR) is 63.9 cm³/mol. The highest BCUT2D eigenvalue weighted by Crippen LogP contribution is 2.15. The Hall–Kier alpha value is -1.06. The van der Waals surface area contributed by atoms with Gasteiger partial charge in [0, 0.05) is 24.4 Å². The van der Waals surface area contributed by atoms with Gasteiger partial charge >= 0.3 is 0 Å². The van der Waals surface area contributed by atoms with Crippen LogP contribution in [0.1, 0.15) is 18.9 Å². The lowest BCUT2D eigenvalue weighted by molar-refractivity contribution is 0.134. The van der Waals surface area contributed by atoms with E-state index in [4.69, 9.17) is 10.5 Å². The highest BCUT2D eigenvalue weighted by Gasteiger charge is 1.99. The maximum Gasteiger partial charge on any atom is 0.0736 e. The van der Waals surface area contributed by atoms with E-state index in [2.05, 4.69) is 17.4 Å². The summed E-state index contributed by atoms with van der Waals surface area (Å²) in [6.07, 6.45) is 0.989. The van der Waals surface area contributed by atoms with Gasteiger partial charge in [0.1, 0.15) is 0 Å². The first kappa shape index (κ1) is 12.0. The summed E-state index contributed by atoms with van der Waals surface area (Å²) >= 11 is 0. The van der Waals surface area contributed by atoms with Gasteiger partial charge in [-0.3, -0.25) is 0 Å². The van der Waals surface area contributed by atoms with Crippen molar-refractivity contribution >= 4 is 5.69 Å². The largest absolute Gasteiger partial charge is 0.385 e. The Morgan fingerprint density at radius 1 is 1.33 bits per heavy atom. The minimum atomic E-state index is 0.669. The molecule has 0 saturated heterocycles. The summed E-state index contributed by atoms with van der Waals surface area (Å²) in [5, 5.41) is 3.36. The van der Waals surface area contributed by atoms with Gasteiger partial charge in [-0.2, -0.15) is 0 Å². The van der Waals surface area contributed by atoms with Crippen LogP contribution in [-0.4, -0.2) is 19.7 Å². The molecule has 0 fully saturated rings. The SMILES string of the molecule is CCOCc1ccccc1NCCCN. The Morgan fingerprint density at radius 3 is 2.87 bits per heavy atom. The molecular weight excluding hydrogens is 188 g/mol. The number of hydrogen-bond acceptors (Lipinski definition) is 3. The number of ether oxygens (including phenoxy) is 1. The number of rotatable bonds is 7. The molecule has 3 N–H and O–H groups in total. The standard InChI is InChI=1S/C12H20N2O/c1-2-15-10-11-6-3-4-7-12(11)14-9-5-8-13/h3-4,6-7,14H,2,5,8-10,13H2,1H3. The Bertz CT molecular complexity index is 276. The second-order valence-corrected chi connectivity index (χ2v) is 3.36. The third-order valence-electron chi connectivity index (χ3n) is 2.18. The minimum Gasteiger partial charge on any atom is -0.385 e. The molecule has 0 heterocycles. The topological polar surface area (TPSA) is 47.3 Å². The van der Waals surface area contributed by atoms with Crippen LogP contribution in [0.3, 0.4) is 0 Å². The van der Waals surface area contributed by atoms with Crippen LogP contribution in [0, 0.1) is 0 Å². The molecule has 3 nitrogen and oxygen atoms in total. The van der Waals surface area contributed by atoms with Crippen molar-refractivity contribution in [2.45, 2.75) is 20.0 Å². The van der Waals surface area contributed by atoms with Crippen LogP contribution in [0.2, 0.25) is 0 Å².